The first kappa shape index (κ1) is 14.5. The Bertz CT molecular complexity index is 319. The van der Waals surface area contributed by atoms with Crippen LogP contribution in [0.5, 0.6) is 0 Å². The summed E-state index contributed by atoms with van der Waals surface area (Å²) in [6, 6.07) is 6.67. The highest BCUT2D eigenvalue weighted by atomic mass is 32.1. The molecule has 2 rings (SSSR count). The number of halogens is 1. The third kappa shape index (κ3) is 5.55. The average Bonchev–Trinajstić information content (AvgIpc) is 3.05. The lowest BCUT2D eigenvalue weighted by Crippen LogP contribution is -2.17. The van der Waals surface area contributed by atoms with Gasteiger partial charge in [-0.2, -0.15) is 0 Å². The maximum Gasteiger partial charge on any atom is 0.123 e. The lowest BCUT2D eigenvalue weighted by molar-refractivity contribution is 0.487. The molecule has 0 spiro atoms. The van der Waals surface area contributed by atoms with Crippen molar-refractivity contribution in [3.05, 3.63) is 35.6 Å². The molecule has 0 bridgehead atoms. The van der Waals surface area contributed by atoms with Gasteiger partial charge < -0.3 is 0 Å². The van der Waals surface area contributed by atoms with Gasteiger partial charge in [0.2, 0.25) is 0 Å². The first-order valence-electron chi connectivity index (χ1n) is 6.19. The molecule has 0 amide bonds. The summed E-state index contributed by atoms with van der Waals surface area (Å²) in [7, 11) is 0. The smallest absolute Gasteiger partial charge is 0.123 e. The van der Waals surface area contributed by atoms with Gasteiger partial charge in [0, 0.05) is 6.04 Å². The van der Waals surface area contributed by atoms with Crippen LogP contribution in [0.2, 0.25) is 0 Å². The number of nitrogens with one attached hydrogen (secondary N) is 1. The Hall–Kier alpha value is -0.540. The van der Waals surface area contributed by atoms with Gasteiger partial charge in [0.05, 0.1) is 0 Å². The molecule has 1 aliphatic carbocycles. The molecule has 17 heavy (non-hydrogen) atoms. The Morgan fingerprint density at radius 3 is 2.00 bits per heavy atom. The van der Waals surface area contributed by atoms with Gasteiger partial charge in [-0.1, -0.05) is 58.6 Å². The van der Waals surface area contributed by atoms with Crippen molar-refractivity contribution >= 4 is 12.8 Å². The molecule has 0 radical (unpaired) electrons. The number of hydrogen-bond acceptors (Lipinski definition) is 2. The zero-order valence-corrected chi connectivity index (χ0v) is 11.7. The molecular formula is C14H22FNS. The second kappa shape index (κ2) is 7.02. The van der Waals surface area contributed by atoms with Crippen LogP contribution in [-0.2, 0) is 0 Å². The van der Waals surface area contributed by atoms with Gasteiger partial charge in [0.1, 0.15) is 5.82 Å². The van der Waals surface area contributed by atoms with E-state index in [1.54, 1.807) is 12.1 Å². The molecule has 1 nitrogen and oxygen atoms in total. The molecule has 0 aromatic heterocycles. The molecule has 0 aliphatic heterocycles. The van der Waals surface area contributed by atoms with Gasteiger partial charge in [0.15, 0.2) is 0 Å². The molecule has 1 atom stereocenters. The van der Waals surface area contributed by atoms with Crippen molar-refractivity contribution in [2.75, 3.05) is 0 Å². The molecule has 3 heteroatoms. The minimum Gasteiger partial charge on any atom is -0.259 e. The summed E-state index contributed by atoms with van der Waals surface area (Å²) in [5.41, 5.74) is 1.06. The minimum atomic E-state index is -0.203. The van der Waals surface area contributed by atoms with Gasteiger partial charge in [-0.25, -0.2) is 4.39 Å². The van der Waals surface area contributed by atoms with Crippen LogP contribution in [0.4, 0.5) is 4.39 Å². The van der Waals surface area contributed by atoms with E-state index in [4.69, 9.17) is 0 Å². The van der Waals surface area contributed by atoms with E-state index in [2.05, 4.69) is 38.3 Å². The summed E-state index contributed by atoms with van der Waals surface area (Å²) in [5, 5.41) is 0. The van der Waals surface area contributed by atoms with Crippen molar-refractivity contribution in [1.82, 2.24) is 4.72 Å². The Morgan fingerprint density at radius 2 is 1.71 bits per heavy atom. The highest BCUT2D eigenvalue weighted by Gasteiger charge is 2.13. The molecule has 1 saturated carbocycles. The highest BCUT2D eigenvalue weighted by Crippen LogP contribution is 2.26. The third-order valence-electron chi connectivity index (χ3n) is 2.90. The fourth-order valence-electron chi connectivity index (χ4n) is 1.45. The van der Waals surface area contributed by atoms with Crippen molar-refractivity contribution < 1.29 is 4.39 Å². The van der Waals surface area contributed by atoms with Crippen molar-refractivity contribution in [2.24, 2.45) is 11.8 Å². The Labute approximate surface area is 109 Å². The maximum atomic E-state index is 12.6. The van der Waals surface area contributed by atoms with Crippen LogP contribution in [-0.4, -0.2) is 0 Å². The monoisotopic (exact) mass is 255 g/mol. The van der Waals surface area contributed by atoms with Gasteiger partial charge >= 0.3 is 0 Å². The van der Waals surface area contributed by atoms with E-state index in [1.807, 2.05) is 0 Å². The minimum absolute atomic E-state index is 0.170. The van der Waals surface area contributed by atoms with Crippen LogP contribution >= 0.6 is 12.8 Å². The first-order valence-corrected chi connectivity index (χ1v) is 6.64. The fourth-order valence-corrected chi connectivity index (χ4v) is 1.89. The Balaban J connectivity index is 0.000000302. The quantitative estimate of drug-likeness (QED) is 0.764. The molecule has 1 aromatic carbocycles. The lowest BCUT2D eigenvalue weighted by Gasteiger charge is -2.19. The van der Waals surface area contributed by atoms with Crippen LogP contribution in [0.1, 0.15) is 45.2 Å². The Morgan fingerprint density at radius 1 is 1.24 bits per heavy atom. The summed E-state index contributed by atoms with van der Waals surface area (Å²) in [6.45, 7) is 6.47. The molecule has 1 aromatic rings. The number of hydrogen-bond donors (Lipinski definition) is 2. The predicted octanol–water partition coefficient (Wildman–Crippen LogP) is 4.37. The second-order valence-electron chi connectivity index (χ2n) is 5.08. The maximum absolute atomic E-state index is 12.6. The van der Waals surface area contributed by atoms with E-state index < -0.39 is 0 Å². The first-order chi connectivity index (χ1) is 8.04. The highest BCUT2D eigenvalue weighted by molar-refractivity contribution is 7.78. The zero-order chi connectivity index (χ0) is 12.8. The number of benzene rings is 1. The number of rotatable bonds is 3. The van der Waals surface area contributed by atoms with E-state index in [-0.39, 0.29) is 11.9 Å². The standard InChI is InChI=1S/C10H14FNS.C4H8/c1-7(2)10(12-13)8-3-5-9(11)6-4-8;1-4-2-3-4/h3-7,10,12-13H,1-2H3;4H,2-3H2,1H3. The number of thiol groups is 1. The van der Waals surface area contributed by atoms with E-state index >= 15 is 0 Å². The van der Waals surface area contributed by atoms with Gasteiger partial charge in [-0.15, -0.1) is 0 Å². The predicted molar refractivity (Wildman–Crippen MR) is 74.5 cm³/mol. The molecule has 1 aliphatic rings. The molecular weight excluding hydrogens is 233 g/mol. The van der Waals surface area contributed by atoms with Crippen molar-refractivity contribution in [2.45, 2.75) is 39.7 Å². The largest absolute Gasteiger partial charge is 0.259 e. The van der Waals surface area contributed by atoms with Crippen molar-refractivity contribution in [1.29, 1.82) is 0 Å². The molecule has 0 saturated heterocycles. The van der Waals surface area contributed by atoms with Crippen LogP contribution < -0.4 is 4.72 Å². The summed E-state index contributed by atoms with van der Waals surface area (Å²) < 4.78 is 15.5. The van der Waals surface area contributed by atoms with E-state index in [0.29, 0.717) is 5.92 Å². The van der Waals surface area contributed by atoms with Crippen LogP contribution in [0.25, 0.3) is 0 Å². The SMILES string of the molecule is CC(C)C(NS)c1ccc(F)cc1.CC1CC1. The Kier molecular flexibility index (Phi) is 6.00. The van der Waals surface area contributed by atoms with Crippen molar-refractivity contribution in [3.8, 4) is 0 Å². The third-order valence-corrected chi connectivity index (χ3v) is 3.18. The second-order valence-corrected chi connectivity index (χ2v) is 5.34. The van der Waals surface area contributed by atoms with Gasteiger partial charge in [-0.05, 0) is 29.5 Å². The normalized spacial score (nSPS) is 16.4. The topological polar surface area (TPSA) is 12.0 Å². The molecule has 1 N–H and O–H groups in total. The van der Waals surface area contributed by atoms with E-state index in [0.717, 1.165) is 11.5 Å². The summed E-state index contributed by atoms with van der Waals surface area (Å²) >= 11 is 4.05. The summed E-state index contributed by atoms with van der Waals surface area (Å²) in [4.78, 5) is 0. The lowest BCUT2D eigenvalue weighted by atomic mass is 9.97. The van der Waals surface area contributed by atoms with Gasteiger partial charge in [0.25, 0.3) is 0 Å². The van der Waals surface area contributed by atoms with E-state index in [1.165, 1.54) is 25.0 Å². The summed E-state index contributed by atoms with van der Waals surface area (Å²) in [5.74, 6) is 1.31. The molecule has 96 valence electrons. The molecule has 1 unspecified atom stereocenters. The van der Waals surface area contributed by atoms with Gasteiger partial charge in [-0.3, -0.25) is 4.72 Å². The van der Waals surface area contributed by atoms with Crippen molar-refractivity contribution in [3.63, 3.8) is 0 Å². The zero-order valence-electron chi connectivity index (χ0n) is 10.8. The van der Waals surface area contributed by atoms with Crippen LogP contribution in [0.15, 0.2) is 24.3 Å². The van der Waals surface area contributed by atoms with Crippen LogP contribution in [0.3, 0.4) is 0 Å². The fraction of sp³-hybridized carbons (Fsp3) is 0.571. The van der Waals surface area contributed by atoms with E-state index in [9.17, 15) is 4.39 Å². The van der Waals surface area contributed by atoms with Crippen LogP contribution in [0, 0.1) is 17.7 Å². The molecule has 1 fully saturated rings. The summed E-state index contributed by atoms with van der Waals surface area (Å²) in [6.07, 6.45) is 2.97. The average molecular weight is 255 g/mol. The molecule has 0 heterocycles.